The molecule has 0 fully saturated rings. The van der Waals surface area contributed by atoms with Crippen LogP contribution < -0.4 is 5.32 Å². The Balaban J connectivity index is 2.05. The van der Waals surface area contributed by atoms with Crippen LogP contribution in [-0.2, 0) is 4.74 Å². The van der Waals surface area contributed by atoms with Gasteiger partial charge in [0.05, 0.1) is 24.0 Å². The second-order valence-corrected chi connectivity index (χ2v) is 5.38. The molecule has 0 aliphatic rings. The molecule has 2 aromatic heterocycles. The van der Waals surface area contributed by atoms with Gasteiger partial charge in [-0.15, -0.1) is 0 Å². The third-order valence-electron chi connectivity index (χ3n) is 3.53. The van der Waals surface area contributed by atoms with E-state index in [9.17, 15) is 4.79 Å². The average molecular weight is 310 g/mol. The summed E-state index contributed by atoms with van der Waals surface area (Å²) in [4.78, 5) is 17.2. The summed E-state index contributed by atoms with van der Waals surface area (Å²) >= 11 is 0. The summed E-state index contributed by atoms with van der Waals surface area (Å²) in [5, 5.41) is 3.75. The number of amides is 1. The van der Waals surface area contributed by atoms with Crippen molar-refractivity contribution < 1.29 is 13.9 Å². The second kappa shape index (κ2) is 6.62. The van der Waals surface area contributed by atoms with E-state index in [1.165, 1.54) is 0 Å². The maximum Gasteiger partial charge on any atom is 0.252 e. The smallest absolute Gasteiger partial charge is 0.252 e. The zero-order valence-corrected chi connectivity index (χ0v) is 13.1. The summed E-state index contributed by atoms with van der Waals surface area (Å²) in [5.74, 6) is 0.482. The molecule has 2 heterocycles. The third kappa shape index (κ3) is 3.24. The lowest BCUT2D eigenvalue weighted by molar-refractivity contribution is 0.0907. The van der Waals surface area contributed by atoms with Crippen molar-refractivity contribution in [2.45, 2.75) is 13.0 Å². The van der Waals surface area contributed by atoms with Crippen molar-refractivity contribution >= 4 is 16.8 Å². The fourth-order valence-corrected chi connectivity index (χ4v) is 2.51. The molecule has 1 aromatic carbocycles. The molecule has 3 rings (SSSR count). The largest absolute Gasteiger partial charge is 0.463 e. The number of fused-ring (bicyclic) bond motifs is 1. The number of carbonyl (C=O) groups is 1. The minimum Gasteiger partial charge on any atom is -0.463 e. The van der Waals surface area contributed by atoms with E-state index in [0.29, 0.717) is 23.6 Å². The highest BCUT2D eigenvalue weighted by Gasteiger charge is 2.16. The first-order valence-corrected chi connectivity index (χ1v) is 7.42. The van der Waals surface area contributed by atoms with Crippen LogP contribution in [0.4, 0.5) is 0 Å². The molecule has 5 heteroatoms. The second-order valence-electron chi connectivity index (χ2n) is 5.38. The molecule has 0 saturated heterocycles. The predicted octanol–water partition coefficient (Wildman–Crippen LogP) is 3.26. The standard InChI is InChI=1S/C18H18N2O3/c1-12(11-22-2)19-18(21)14-10-16(17-8-5-9-23-17)20-15-7-4-3-6-13(14)15/h3-10,12H,11H2,1-2H3,(H,19,21). The Hall–Kier alpha value is -2.66. The van der Waals surface area contributed by atoms with Crippen LogP contribution in [0.1, 0.15) is 17.3 Å². The molecule has 23 heavy (non-hydrogen) atoms. The van der Waals surface area contributed by atoms with Gasteiger partial charge in [0.2, 0.25) is 0 Å². The van der Waals surface area contributed by atoms with E-state index in [4.69, 9.17) is 9.15 Å². The van der Waals surface area contributed by atoms with Crippen LogP contribution >= 0.6 is 0 Å². The molecule has 1 unspecified atom stereocenters. The number of nitrogens with zero attached hydrogens (tertiary/aromatic N) is 1. The zero-order chi connectivity index (χ0) is 16.2. The molecule has 0 aliphatic carbocycles. The molecule has 0 radical (unpaired) electrons. The number of benzene rings is 1. The van der Waals surface area contributed by atoms with Crippen molar-refractivity contribution in [3.63, 3.8) is 0 Å². The van der Waals surface area contributed by atoms with E-state index < -0.39 is 0 Å². The van der Waals surface area contributed by atoms with Gasteiger partial charge in [-0.1, -0.05) is 18.2 Å². The van der Waals surface area contributed by atoms with Gasteiger partial charge < -0.3 is 14.5 Å². The maximum absolute atomic E-state index is 12.6. The first-order valence-electron chi connectivity index (χ1n) is 7.42. The topological polar surface area (TPSA) is 64.4 Å². The normalized spacial score (nSPS) is 12.3. The van der Waals surface area contributed by atoms with Gasteiger partial charge in [0.25, 0.3) is 5.91 Å². The fourth-order valence-electron chi connectivity index (χ4n) is 2.51. The quantitative estimate of drug-likeness (QED) is 0.785. The summed E-state index contributed by atoms with van der Waals surface area (Å²) in [7, 11) is 1.61. The number of nitrogens with one attached hydrogen (secondary N) is 1. The van der Waals surface area contributed by atoms with E-state index in [1.54, 1.807) is 25.5 Å². The van der Waals surface area contributed by atoms with E-state index in [0.717, 1.165) is 10.9 Å². The lowest BCUT2D eigenvalue weighted by Crippen LogP contribution is -2.35. The number of rotatable bonds is 5. The summed E-state index contributed by atoms with van der Waals surface area (Å²) in [6.07, 6.45) is 1.59. The summed E-state index contributed by atoms with van der Waals surface area (Å²) in [5.41, 5.74) is 1.97. The van der Waals surface area contributed by atoms with Crippen LogP contribution in [0.2, 0.25) is 0 Å². The maximum atomic E-state index is 12.6. The average Bonchev–Trinajstić information content (AvgIpc) is 3.08. The van der Waals surface area contributed by atoms with Gasteiger partial charge >= 0.3 is 0 Å². The van der Waals surface area contributed by atoms with E-state index >= 15 is 0 Å². The highest BCUT2D eigenvalue weighted by atomic mass is 16.5. The van der Waals surface area contributed by atoms with E-state index in [-0.39, 0.29) is 11.9 Å². The van der Waals surface area contributed by atoms with Crippen LogP contribution in [0.15, 0.2) is 53.1 Å². The molecule has 5 nitrogen and oxygen atoms in total. The van der Waals surface area contributed by atoms with Crippen molar-refractivity contribution in [3.05, 3.63) is 54.3 Å². The summed E-state index contributed by atoms with van der Waals surface area (Å²) in [6.45, 7) is 2.36. The Bertz CT molecular complexity index is 812. The Morgan fingerprint density at radius 2 is 2.13 bits per heavy atom. The Kier molecular flexibility index (Phi) is 4.39. The van der Waals surface area contributed by atoms with Crippen molar-refractivity contribution in [2.75, 3.05) is 13.7 Å². The predicted molar refractivity (Wildman–Crippen MR) is 88.2 cm³/mol. The van der Waals surface area contributed by atoms with Gasteiger partial charge in [0, 0.05) is 18.5 Å². The number of methoxy groups -OCH3 is 1. The zero-order valence-electron chi connectivity index (χ0n) is 13.1. The number of ether oxygens (including phenoxy) is 1. The first-order chi connectivity index (χ1) is 11.2. The van der Waals surface area contributed by atoms with Crippen LogP contribution in [0.5, 0.6) is 0 Å². The fraction of sp³-hybridized carbons (Fsp3) is 0.222. The number of carbonyl (C=O) groups excluding carboxylic acids is 1. The SMILES string of the molecule is COCC(C)NC(=O)c1cc(-c2ccco2)nc2ccccc12. The van der Waals surface area contributed by atoms with Crippen LogP contribution in [0.3, 0.4) is 0 Å². The number of hydrogen-bond acceptors (Lipinski definition) is 4. The van der Waals surface area contributed by atoms with Crippen molar-refractivity contribution in [3.8, 4) is 11.5 Å². The molecule has 3 aromatic rings. The van der Waals surface area contributed by atoms with Gasteiger partial charge in [-0.3, -0.25) is 4.79 Å². The number of para-hydroxylation sites is 1. The summed E-state index contributed by atoms with van der Waals surface area (Å²) in [6, 6.07) is 12.9. The molecular weight excluding hydrogens is 292 g/mol. The molecule has 0 bridgehead atoms. The monoisotopic (exact) mass is 310 g/mol. The third-order valence-corrected chi connectivity index (χ3v) is 3.53. The van der Waals surface area contributed by atoms with Crippen LogP contribution in [0.25, 0.3) is 22.4 Å². The Morgan fingerprint density at radius 3 is 2.87 bits per heavy atom. The lowest BCUT2D eigenvalue weighted by atomic mass is 10.1. The minimum atomic E-state index is -0.152. The Morgan fingerprint density at radius 1 is 1.30 bits per heavy atom. The molecule has 1 N–H and O–H groups in total. The summed E-state index contributed by atoms with van der Waals surface area (Å²) < 4.78 is 10.5. The van der Waals surface area contributed by atoms with E-state index in [2.05, 4.69) is 10.3 Å². The molecular formula is C18H18N2O3. The molecule has 118 valence electrons. The van der Waals surface area contributed by atoms with Crippen molar-refractivity contribution in [2.24, 2.45) is 0 Å². The number of aromatic nitrogens is 1. The molecule has 0 aliphatic heterocycles. The van der Waals surface area contributed by atoms with Crippen LogP contribution in [0, 0.1) is 0 Å². The molecule has 1 amide bonds. The Labute approximate surface area is 134 Å². The highest BCUT2D eigenvalue weighted by Crippen LogP contribution is 2.25. The van der Waals surface area contributed by atoms with E-state index in [1.807, 2.05) is 37.3 Å². The van der Waals surface area contributed by atoms with Crippen LogP contribution in [-0.4, -0.2) is 30.6 Å². The molecule has 0 spiro atoms. The number of hydrogen-bond donors (Lipinski definition) is 1. The van der Waals surface area contributed by atoms with Gasteiger partial charge in [0.1, 0.15) is 5.69 Å². The van der Waals surface area contributed by atoms with Crippen molar-refractivity contribution in [1.82, 2.24) is 10.3 Å². The van der Waals surface area contributed by atoms with Gasteiger partial charge in [-0.25, -0.2) is 4.98 Å². The minimum absolute atomic E-state index is 0.0773. The van der Waals surface area contributed by atoms with Gasteiger partial charge in [-0.2, -0.15) is 0 Å². The lowest BCUT2D eigenvalue weighted by Gasteiger charge is -2.14. The molecule has 1 atom stereocenters. The van der Waals surface area contributed by atoms with Gasteiger partial charge in [0.15, 0.2) is 5.76 Å². The molecule has 0 saturated carbocycles. The van der Waals surface area contributed by atoms with Gasteiger partial charge in [-0.05, 0) is 31.2 Å². The number of pyridine rings is 1. The highest BCUT2D eigenvalue weighted by molar-refractivity contribution is 6.07. The first kappa shape index (κ1) is 15.2. The number of furan rings is 1. The van der Waals surface area contributed by atoms with Crippen molar-refractivity contribution in [1.29, 1.82) is 0 Å².